The summed E-state index contributed by atoms with van der Waals surface area (Å²) >= 11 is 0. The summed E-state index contributed by atoms with van der Waals surface area (Å²) in [5, 5.41) is 0. The molecule has 4 aliphatic heterocycles. The fourth-order valence-corrected chi connectivity index (χ4v) is 4.19. The molecule has 0 aromatic carbocycles. The van der Waals surface area contributed by atoms with Crippen molar-refractivity contribution in [2.24, 2.45) is 0 Å². The van der Waals surface area contributed by atoms with Gasteiger partial charge in [-0.3, -0.25) is 11.0 Å². The van der Waals surface area contributed by atoms with Gasteiger partial charge in [-0.1, -0.05) is 0 Å². The first kappa shape index (κ1) is 24.5. The molecule has 4 bridgehead atoms. The van der Waals surface area contributed by atoms with Crippen LogP contribution in [0.1, 0.15) is 0 Å². The number of hydrogen-bond donors (Lipinski definition) is 0. The second kappa shape index (κ2) is 9.99. The monoisotopic (exact) mass is 474 g/mol. The van der Waals surface area contributed by atoms with Crippen molar-refractivity contribution in [2.75, 3.05) is 47.3 Å². The van der Waals surface area contributed by atoms with Crippen LogP contribution in [0.2, 0.25) is 0 Å². The van der Waals surface area contributed by atoms with E-state index >= 15 is 0 Å². The maximum Gasteiger partial charge on any atom is 0.188 e. The Kier molecular flexibility index (Phi) is 9.05. The van der Waals surface area contributed by atoms with Gasteiger partial charge in [0.2, 0.25) is 0 Å². The molecule has 0 aliphatic carbocycles. The van der Waals surface area contributed by atoms with Crippen molar-refractivity contribution in [3.63, 3.8) is 0 Å². The predicted octanol–water partition coefficient (Wildman–Crippen LogP) is -0.718. The summed E-state index contributed by atoms with van der Waals surface area (Å²) in [6.07, 6.45) is 1.46. The van der Waals surface area contributed by atoms with Gasteiger partial charge in [0.25, 0.3) is 0 Å². The average molecular weight is 474 g/mol. The SMILES string of the molecule is [B]C1OC2(COC)[CH-]C1OC2.[B]C1OC2(CO[PH](C)=O)COC1C2OC.[Y]. The van der Waals surface area contributed by atoms with Gasteiger partial charge in [-0.25, -0.2) is 0 Å². The molecule has 4 saturated heterocycles. The molecule has 4 fully saturated rings. The summed E-state index contributed by atoms with van der Waals surface area (Å²) in [6.45, 7) is 3.20. The normalized spacial score (nSPS) is 45.2. The number of fused-ring (bicyclic) bond motifs is 4. The standard InChI is InChI=1S/C8H14BO5P.C7H10BO3.Y/c1-11-6-5-7(9)14-8(6,3-12-5)4-13-15(2)10;1-9-3-7-2-5(10-4-7)6(8)11-7;/h5-7,15H,3-4H2,1-2H3;2,5-6H,3-4H2,1H3;/q;-1;. The van der Waals surface area contributed by atoms with Gasteiger partial charge in [0.1, 0.15) is 33.5 Å². The molecule has 0 amide bonds. The molecular weight excluding hydrogens is 450 g/mol. The Morgan fingerprint density at radius 2 is 1.89 bits per heavy atom. The van der Waals surface area contributed by atoms with E-state index in [1.807, 2.05) is 6.42 Å². The summed E-state index contributed by atoms with van der Waals surface area (Å²) in [5.74, 6) is 0. The number of ether oxygens (including phenoxy) is 6. The molecular formula is C15H24B2O8PY-. The Bertz CT molecular complexity index is 530. The Morgan fingerprint density at radius 3 is 2.37 bits per heavy atom. The zero-order valence-electron chi connectivity index (χ0n) is 15.8. The zero-order chi connectivity index (χ0) is 18.9. The number of methoxy groups -OCH3 is 2. The van der Waals surface area contributed by atoms with Crippen LogP contribution in [0, 0.1) is 6.42 Å². The van der Waals surface area contributed by atoms with E-state index in [1.165, 1.54) is 6.66 Å². The van der Waals surface area contributed by atoms with Crippen LogP contribution in [-0.2, 0) is 70.2 Å². The molecule has 27 heavy (non-hydrogen) atoms. The van der Waals surface area contributed by atoms with Crippen LogP contribution in [0.15, 0.2) is 0 Å². The third kappa shape index (κ3) is 5.09. The average Bonchev–Trinajstić information content (AvgIpc) is 3.30. The van der Waals surface area contributed by atoms with E-state index in [0.29, 0.717) is 19.8 Å². The quantitative estimate of drug-likeness (QED) is 0.284. The molecule has 0 saturated carbocycles. The van der Waals surface area contributed by atoms with E-state index in [-0.39, 0.29) is 69.2 Å². The van der Waals surface area contributed by atoms with Gasteiger partial charge in [-0.15, -0.1) is 0 Å². The number of rotatable bonds is 6. The van der Waals surface area contributed by atoms with Crippen LogP contribution >= 0.6 is 8.03 Å². The van der Waals surface area contributed by atoms with Crippen LogP contribution in [0.3, 0.4) is 0 Å². The Labute approximate surface area is 188 Å². The molecule has 0 spiro atoms. The van der Waals surface area contributed by atoms with Crippen molar-refractivity contribution >= 4 is 23.7 Å². The largest absolute Gasteiger partial charge is 0.409 e. The summed E-state index contributed by atoms with van der Waals surface area (Å²) in [7, 11) is 12.6. The second-order valence-electron chi connectivity index (χ2n) is 6.88. The van der Waals surface area contributed by atoms with E-state index in [2.05, 4.69) is 0 Å². The van der Waals surface area contributed by atoms with Crippen LogP contribution < -0.4 is 0 Å². The molecule has 4 rings (SSSR count). The first-order chi connectivity index (χ1) is 12.3. The van der Waals surface area contributed by atoms with E-state index in [0.717, 1.165) is 0 Å². The number of hydrogen-bond acceptors (Lipinski definition) is 8. The zero-order valence-corrected chi connectivity index (χ0v) is 19.6. The summed E-state index contributed by atoms with van der Waals surface area (Å²) < 4.78 is 48.2. The maximum absolute atomic E-state index is 10.9. The third-order valence-electron chi connectivity index (χ3n) is 4.88. The minimum atomic E-state index is -1.98. The topological polar surface area (TPSA) is 81.7 Å². The molecule has 0 aromatic heterocycles. The predicted molar refractivity (Wildman–Crippen MR) is 94.0 cm³/mol. The molecule has 4 heterocycles. The first-order valence-corrected chi connectivity index (χ1v) is 10.3. The fourth-order valence-electron chi connectivity index (χ4n) is 3.75. The Morgan fingerprint density at radius 1 is 1.15 bits per heavy atom. The van der Waals surface area contributed by atoms with E-state index < -0.39 is 19.6 Å². The van der Waals surface area contributed by atoms with Crippen LogP contribution in [0.25, 0.3) is 0 Å². The van der Waals surface area contributed by atoms with E-state index in [9.17, 15) is 4.57 Å². The Balaban J connectivity index is 0.000000194. The molecule has 147 valence electrons. The van der Waals surface area contributed by atoms with E-state index in [1.54, 1.807) is 14.2 Å². The van der Waals surface area contributed by atoms with Crippen molar-refractivity contribution in [1.82, 2.24) is 0 Å². The molecule has 8 nitrogen and oxygen atoms in total. The first-order valence-electron chi connectivity index (χ1n) is 8.46. The molecule has 0 aromatic rings. The third-order valence-corrected chi connectivity index (χ3v) is 5.43. The van der Waals surface area contributed by atoms with Gasteiger partial charge in [0, 0.05) is 78.8 Å². The van der Waals surface area contributed by atoms with Crippen molar-refractivity contribution < 1.29 is 70.2 Å². The smallest absolute Gasteiger partial charge is 0.188 e. The summed E-state index contributed by atoms with van der Waals surface area (Å²) in [6, 6.07) is -0.801. The summed E-state index contributed by atoms with van der Waals surface area (Å²) in [4.78, 5) is 0. The van der Waals surface area contributed by atoms with Crippen molar-refractivity contribution in [1.29, 1.82) is 0 Å². The van der Waals surface area contributed by atoms with Gasteiger partial charge in [0.15, 0.2) is 8.03 Å². The molecule has 4 aliphatic rings. The molecule has 8 unspecified atom stereocenters. The van der Waals surface area contributed by atoms with Crippen LogP contribution in [0.4, 0.5) is 0 Å². The van der Waals surface area contributed by atoms with Crippen LogP contribution in [0.5, 0.6) is 0 Å². The molecule has 8 atom stereocenters. The minimum absolute atomic E-state index is 0. The van der Waals surface area contributed by atoms with Crippen molar-refractivity contribution in [3.05, 3.63) is 6.42 Å². The summed E-state index contributed by atoms with van der Waals surface area (Å²) in [5.41, 5.74) is -1.05. The van der Waals surface area contributed by atoms with Crippen molar-refractivity contribution in [3.8, 4) is 0 Å². The molecule has 12 heteroatoms. The van der Waals surface area contributed by atoms with Crippen LogP contribution in [-0.4, -0.2) is 105 Å². The Hall–Kier alpha value is 1.18. The minimum Gasteiger partial charge on any atom is -0.409 e. The van der Waals surface area contributed by atoms with Gasteiger partial charge in [-0.2, -0.15) is 0 Å². The van der Waals surface area contributed by atoms with Gasteiger partial charge in [-0.05, 0) is 11.7 Å². The molecule has 5 radical (unpaired) electrons. The van der Waals surface area contributed by atoms with Gasteiger partial charge >= 0.3 is 0 Å². The molecule has 0 N–H and O–H groups in total. The van der Waals surface area contributed by atoms with Crippen molar-refractivity contribution in [2.45, 2.75) is 41.5 Å². The second-order valence-corrected chi connectivity index (χ2v) is 8.15. The van der Waals surface area contributed by atoms with Gasteiger partial charge < -0.3 is 32.9 Å². The van der Waals surface area contributed by atoms with Gasteiger partial charge in [0.05, 0.1) is 13.2 Å². The van der Waals surface area contributed by atoms with E-state index in [4.69, 9.17) is 48.6 Å². The maximum atomic E-state index is 10.9. The fraction of sp³-hybridized carbons (Fsp3) is 0.933.